The van der Waals surface area contributed by atoms with Gasteiger partial charge < -0.3 is 24.6 Å². The van der Waals surface area contributed by atoms with Crippen LogP contribution in [0.25, 0.3) is 0 Å². The Kier molecular flexibility index (Phi) is 9.76. The first-order valence-electron chi connectivity index (χ1n) is 10.2. The van der Waals surface area contributed by atoms with Crippen molar-refractivity contribution in [2.75, 3.05) is 45.8 Å². The molecule has 0 fully saturated rings. The number of hydrogen-bond acceptors (Lipinski definition) is 7. The molecule has 9 nitrogen and oxygen atoms in total. The third-order valence-electron chi connectivity index (χ3n) is 4.66. The molecule has 0 aliphatic rings. The molecule has 0 aliphatic carbocycles. The highest BCUT2D eigenvalue weighted by Crippen LogP contribution is 2.28. The van der Waals surface area contributed by atoms with Gasteiger partial charge in [0.05, 0.1) is 25.5 Å². The third-order valence-corrected chi connectivity index (χ3v) is 6.16. The van der Waals surface area contributed by atoms with Crippen LogP contribution in [0.2, 0.25) is 0 Å². The Morgan fingerprint density at radius 2 is 1.78 bits per heavy atom. The lowest BCUT2D eigenvalue weighted by atomic mass is 10.1. The molecule has 0 bridgehead atoms. The zero-order chi connectivity index (χ0) is 23.6. The van der Waals surface area contributed by atoms with Crippen molar-refractivity contribution in [1.82, 2.24) is 4.72 Å². The van der Waals surface area contributed by atoms with Gasteiger partial charge in [-0.25, -0.2) is 17.9 Å². The Morgan fingerprint density at radius 3 is 2.44 bits per heavy atom. The van der Waals surface area contributed by atoms with Crippen LogP contribution in [0.3, 0.4) is 0 Å². The minimum Gasteiger partial charge on any atom is -0.493 e. The van der Waals surface area contributed by atoms with Crippen LogP contribution < -0.4 is 19.5 Å². The number of ether oxygens (including phenoxy) is 3. The summed E-state index contributed by atoms with van der Waals surface area (Å²) < 4.78 is 43.9. The van der Waals surface area contributed by atoms with Crippen molar-refractivity contribution in [1.29, 1.82) is 0 Å². The number of carboxylic acid groups (broad SMARTS) is 1. The van der Waals surface area contributed by atoms with Crippen LogP contribution in [-0.4, -0.2) is 60.0 Å². The van der Waals surface area contributed by atoms with E-state index in [4.69, 9.17) is 14.2 Å². The second kappa shape index (κ2) is 12.3. The van der Waals surface area contributed by atoms with Gasteiger partial charge in [0.15, 0.2) is 11.5 Å². The first kappa shape index (κ1) is 25.4. The van der Waals surface area contributed by atoms with Gasteiger partial charge in [0.1, 0.15) is 4.90 Å². The van der Waals surface area contributed by atoms with E-state index in [9.17, 15) is 18.3 Å². The fraction of sp³-hybridized carbons (Fsp3) is 0.409. The van der Waals surface area contributed by atoms with Gasteiger partial charge in [0, 0.05) is 26.3 Å². The van der Waals surface area contributed by atoms with Crippen molar-refractivity contribution >= 4 is 21.7 Å². The van der Waals surface area contributed by atoms with Crippen LogP contribution in [0, 0.1) is 0 Å². The molecule has 0 saturated heterocycles. The summed E-state index contributed by atoms with van der Waals surface area (Å²) in [5.74, 6) is 0.0299. The van der Waals surface area contributed by atoms with Crippen LogP contribution >= 0.6 is 0 Å². The van der Waals surface area contributed by atoms with Gasteiger partial charge in [0.2, 0.25) is 10.0 Å². The van der Waals surface area contributed by atoms with E-state index in [1.54, 1.807) is 20.3 Å². The lowest BCUT2D eigenvalue weighted by molar-refractivity contribution is 0.0696. The van der Waals surface area contributed by atoms with E-state index in [-0.39, 0.29) is 17.0 Å². The molecule has 0 aromatic heterocycles. The van der Waals surface area contributed by atoms with Crippen molar-refractivity contribution in [3.05, 3.63) is 47.5 Å². The van der Waals surface area contributed by atoms with Gasteiger partial charge in [-0.05, 0) is 55.7 Å². The molecular formula is C22H30N2O7S. The first-order valence-corrected chi connectivity index (χ1v) is 11.7. The SMILES string of the molecule is CCOCCCNS(=O)(=O)c1cc(C(=O)O)ccc1NCCc1ccc(OC)c(OC)c1. The van der Waals surface area contributed by atoms with Crippen molar-refractivity contribution < 1.29 is 32.5 Å². The van der Waals surface area contributed by atoms with Gasteiger partial charge in [-0.3, -0.25) is 0 Å². The molecule has 0 aliphatic heterocycles. The minimum atomic E-state index is -3.92. The number of aromatic carboxylic acids is 1. The Hall–Kier alpha value is -2.82. The maximum Gasteiger partial charge on any atom is 0.335 e. The van der Waals surface area contributed by atoms with Crippen molar-refractivity contribution in [3.63, 3.8) is 0 Å². The van der Waals surface area contributed by atoms with Crippen LogP contribution in [-0.2, 0) is 21.2 Å². The first-order chi connectivity index (χ1) is 15.3. The quantitative estimate of drug-likeness (QED) is 0.363. The van der Waals surface area contributed by atoms with E-state index < -0.39 is 16.0 Å². The zero-order valence-electron chi connectivity index (χ0n) is 18.5. The predicted molar refractivity (Wildman–Crippen MR) is 121 cm³/mol. The highest BCUT2D eigenvalue weighted by Gasteiger charge is 2.20. The normalized spacial score (nSPS) is 11.2. The Bertz CT molecular complexity index is 1010. The number of rotatable bonds is 14. The summed E-state index contributed by atoms with van der Waals surface area (Å²) in [4.78, 5) is 11.3. The molecule has 3 N–H and O–H groups in total. The Balaban J connectivity index is 2.14. The standard InChI is InChI=1S/C22H30N2O7S/c1-4-31-13-5-11-24-32(27,28)21-15-17(22(25)26)7-8-18(21)23-12-10-16-6-9-19(29-2)20(14-16)30-3/h6-9,14-15,23-24H,4-5,10-13H2,1-3H3,(H,25,26). The highest BCUT2D eigenvalue weighted by molar-refractivity contribution is 7.89. The minimum absolute atomic E-state index is 0.106. The maximum atomic E-state index is 12.8. The summed E-state index contributed by atoms with van der Waals surface area (Å²) in [6.45, 7) is 3.47. The van der Waals surface area contributed by atoms with E-state index in [0.29, 0.717) is 49.8 Å². The molecule has 0 unspecified atom stereocenters. The van der Waals surface area contributed by atoms with Gasteiger partial charge in [-0.15, -0.1) is 0 Å². The average Bonchev–Trinajstić information content (AvgIpc) is 2.78. The fourth-order valence-electron chi connectivity index (χ4n) is 3.00. The molecule has 0 radical (unpaired) electrons. The van der Waals surface area contributed by atoms with Crippen LogP contribution in [0.15, 0.2) is 41.3 Å². The topological polar surface area (TPSA) is 123 Å². The van der Waals surface area contributed by atoms with Gasteiger partial charge in [0.25, 0.3) is 0 Å². The average molecular weight is 467 g/mol. The van der Waals surface area contributed by atoms with Crippen LogP contribution in [0.1, 0.15) is 29.3 Å². The number of methoxy groups -OCH3 is 2. The van der Waals surface area contributed by atoms with E-state index in [1.165, 1.54) is 12.1 Å². The van der Waals surface area contributed by atoms with E-state index >= 15 is 0 Å². The molecule has 0 spiro atoms. The largest absolute Gasteiger partial charge is 0.493 e. The predicted octanol–water partition coefficient (Wildman–Crippen LogP) is 2.76. The highest BCUT2D eigenvalue weighted by atomic mass is 32.2. The van der Waals surface area contributed by atoms with Crippen molar-refractivity contribution in [2.45, 2.75) is 24.7 Å². The molecule has 2 rings (SSSR count). The number of carbonyl (C=O) groups is 1. The lowest BCUT2D eigenvalue weighted by Crippen LogP contribution is -2.27. The maximum absolute atomic E-state index is 12.8. The molecular weight excluding hydrogens is 436 g/mol. The lowest BCUT2D eigenvalue weighted by Gasteiger charge is -2.15. The van der Waals surface area contributed by atoms with Crippen LogP contribution in [0.5, 0.6) is 11.5 Å². The molecule has 10 heteroatoms. The number of anilines is 1. The van der Waals surface area contributed by atoms with Crippen LogP contribution in [0.4, 0.5) is 5.69 Å². The van der Waals surface area contributed by atoms with E-state index in [2.05, 4.69) is 10.0 Å². The second-order valence-corrected chi connectivity index (χ2v) is 8.57. The van der Waals surface area contributed by atoms with Crippen molar-refractivity contribution in [2.24, 2.45) is 0 Å². The molecule has 176 valence electrons. The molecule has 0 amide bonds. The Morgan fingerprint density at radius 1 is 1.03 bits per heavy atom. The number of hydrogen-bond donors (Lipinski definition) is 3. The summed E-state index contributed by atoms with van der Waals surface area (Å²) in [6, 6.07) is 9.55. The summed E-state index contributed by atoms with van der Waals surface area (Å²) in [5, 5.41) is 12.4. The van der Waals surface area contributed by atoms with Gasteiger partial charge in [-0.1, -0.05) is 6.07 Å². The summed E-state index contributed by atoms with van der Waals surface area (Å²) >= 11 is 0. The van der Waals surface area contributed by atoms with Crippen molar-refractivity contribution in [3.8, 4) is 11.5 Å². The number of sulfonamides is 1. The summed E-state index contributed by atoms with van der Waals surface area (Å²) in [5.41, 5.74) is 1.19. The third kappa shape index (κ3) is 7.11. The van der Waals surface area contributed by atoms with Gasteiger partial charge >= 0.3 is 5.97 Å². The zero-order valence-corrected chi connectivity index (χ0v) is 19.3. The molecule has 0 atom stereocenters. The molecule has 2 aromatic carbocycles. The van der Waals surface area contributed by atoms with Gasteiger partial charge in [-0.2, -0.15) is 0 Å². The van der Waals surface area contributed by atoms with E-state index in [1.807, 2.05) is 19.1 Å². The number of benzene rings is 2. The molecule has 32 heavy (non-hydrogen) atoms. The molecule has 2 aromatic rings. The van der Waals surface area contributed by atoms with E-state index in [0.717, 1.165) is 11.6 Å². The fourth-order valence-corrected chi connectivity index (χ4v) is 4.28. The molecule has 0 heterocycles. The Labute approximate surface area is 188 Å². The second-order valence-electron chi connectivity index (χ2n) is 6.83. The monoisotopic (exact) mass is 466 g/mol. The number of carboxylic acids is 1. The molecule has 0 saturated carbocycles. The number of nitrogens with one attached hydrogen (secondary N) is 2. The summed E-state index contributed by atoms with van der Waals surface area (Å²) in [7, 11) is -0.797. The smallest absolute Gasteiger partial charge is 0.335 e. The summed E-state index contributed by atoms with van der Waals surface area (Å²) in [6.07, 6.45) is 1.09.